The van der Waals surface area contributed by atoms with Crippen LogP contribution in [-0.2, 0) is 20.6 Å². The van der Waals surface area contributed by atoms with E-state index in [1.807, 2.05) is 6.07 Å². The summed E-state index contributed by atoms with van der Waals surface area (Å²) in [5.74, 6) is -0.588. The summed E-state index contributed by atoms with van der Waals surface area (Å²) in [6.45, 7) is 0.590. The number of piperidine rings is 1. The number of hydrogen-bond donors (Lipinski definition) is 1. The summed E-state index contributed by atoms with van der Waals surface area (Å²) in [4.78, 5) is 12.6. The first-order chi connectivity index (χ1) is 13.7. The van der Waals surface area contributed by atoms with Crippen molar-refractivity contribution in [3.63, 3.8) is 0 Å². The van der Waals surface area contributed by atoms with Crippen molar-refractivity contribution in [2.24, 2.45) is 5.92 Å². The van der Waals surface area contributed by atoms with Crippen molar-refractivity contribution in [2.45, 2.75) is 18.6 Å². The minimum Gasteiger partial charge on any atom is -0.324 e. The largest absolute Gasteiger partial charge is 0.324 e. The summed E-state index contributed by atoms with van der Waals surface area (Å²) in [5.41, 5.74) is 1.10. The number of anilines is 1. The fourth-order valence-corrected chi connectivity index (χ4v) is 5.77. The van der Waals surface area contributed by atoms with E-state index in [-0.39, 0.29) is 17.6 Å². The first kappa shape index (κ1) is 22.8. The van der Waals surface area contributed by atoms with Crippen LogP contribution in [0.3, 0.4) is 0 Å². The highest BCUT2D eigenvalue weighted by atomic mass is 79.9. The Morgan fingerprint density at radius 1 is 1.07 bits per heavy atom. The minimum absolute atomic E-state index is 0.0673. The molecule has 10 heteroatoms. The molecule has 0 bridgehead atoms. The lowest BCUT2D eigenvalue weighted by Gasteiger charge is -2.30. The second kappa shape index (κ2) is 9.54. The Hall–Kier alpha value is -0.830. The molecule has 3 rings (SSSR count). The van der Waals surface area contributed by atoms with Gasteiger partial charge in [0, 0.05) is 23.5 Å². The molecule has 156 valence electrons. The third-order valence-corrected chi connectivity index (χ3v) is 8.10. The summed E-state index contributed by atoms with van der Waals surface area (Å²) < 4.78 is 27.7. The number of sulfonamides is 1. The Kier molecular flexibility index (Phi) is 7.51. The lowest BCUT2D eigenvalue weighted by molar-refractivity contribution is -0.120. The summed E-state index contributed by atoms with van der Waals surface area (Å²) >= 11 is 21.3. The lowest BCUT2D eigenvalue weighted by Crippen LogP contribution is -2.41. The van der Waals surface area contributed by atoms with Crippen molar-refractivity contribution in [2.75, 3.05) is 18.4 Å². The van der Waals surface area contributed by atoms with E-state index in [1.54, 1.807) is 18.2 Å². The fourth-order valence-electron chi connectivity index (χ4n) is 3.18. The van der Waals surface area contributed by atoms with Crippen LogP contribution in [0.25, 0.3) is 0 Å². The highest BCUT2D eigenvalue weighted by molar-refractivity contribution is 9.10. The number of rotatable bonds is 5. The van der Waals surface area contributed by atoms with E-state index in [2.05, 4.69) is 21.2 Å². The van der Waals surface area contributed by atoms with Gasteiger partial charge in [-0.1, -0.05) is 62.9 Å². The van der Waals surface area contributed by atoms with Crippen LogP contribution in [0.15, 0.2) is 40.9 Å². The molecule has 1 amide bonds. The average Bonchev–Trinajstić information content (AvgIpc) is 2.66. The highest BCUT2D eigenvalue weighted by Crippen LogP contribution is 2.33. The maximum absolute atomic E-state index is 12.7. The predicted octanol–water partition coefficient (Wildman–Crippen LogP) is 5.59. The normalized spacial score (nSPS) is 16.0. The summed E-state index contributed by atoms with van der Waals surface area (Å²) in [7, 11) is -3.45. The molecule has 1 aliphatic rings. The third-order valence-electron chi connectivity index (χ3n) is 4.72. The molecule has 1 saturated heterocycles. The van der Waals surface area contributed by atoms with Gasteiger partial charge in [0.15, 0.2) is 0 Å². The van der Waals surface area contributed by atoms with Crippen LogP contribution in [0.2, 0.25) is 15.1 Å². The van der Waals surface area contributed by atoms with E-state index >= 15 is 0 Å². The van der Waals surface area contributed by atoms with E-state index in [9.17, 15) is 13.2 Å². The van der Waals surface area contributed by atoms with Crippen LogP contribution in [0.1, 0.15) is 18.4 Å². The summed E-state index contributed by atoms with van der Waals surface area (Å²) in [5, 5.41) is 3.65. The second-order valence-corrected chi connectivity index (χ2v) is 10.9. The van der Waals surface area contributed by atoms with Crippen LogP contribution in [-0.4, -0.2) is 31.7 Å². The zero-order valence-corrected chi connectivity index (χ0v) is 19.8. The lowest BCUT2D eigenvalue weighted by atomic mass is 9.97. The number of hydrogen-bond acceptors (Lipinski definition) is 3. The fraction of sp³-hybridized carbons (Fsp3) is 0.316. The Morgan fingerprint density at radius 2 is 1.72 bits per heavy atom. The SMILES string of the molecule is O=C(Nc1cc(Cl)c(Cl)cc1Cl)C1CCN(S(=O)(=O)Cc2cccc(Br)c2)CC1. The zero-order chi connectivity index (χ0) is 21.2. The molecule has 0 spiro atoms. The molecule has 5 nitrogen and oxygen atoms in total. The highest BCUT2D eigenvalue weighted by Gasteiger charge is 2.31. The smallest absolute Gasteiger partial charge is 0.227 e. The van der Waals surface area contributed by atoms with Gasteiger partial charge in [-0.2, -0.15) is 0 Å². The monoisotopic (exact) mass is 538 g/mol. The van der Waals surface area contributed by atoms with Gasteiger partial charge in [0.05, 0.1) is 26.5 Å². The minimum atomic E-state index is -3.45. The van der Waals surface area contributed by atoms with Crippen molar-refractivity contribution in [3.8, 4) is 0 Å². The molecule has 1 N–H and O–H groups in total. The number of carbonyl (C=O) groups is 1. The Bertz CT molecular complexity index is 1030. The average molecular weight is 541 g/mol. The van der Waals surface area contributed by atoms with Gasteiger partial charge in [0.1, 0.15) is 0 Å². The van der Waals surface area contributed by atoms with E-state index in [0.29, 0.717) is 52.2 Å². The number of halogens is 4. The third kappa shape index (κ3) is 5.87. The predicted molar refractivity (Wildman–Crippen MR) is 121 cm³/mol. The zero-order valence-electron chi connectivity index (χ0n) is 15.2. The second-order valence-electron chi connectivity index (χ2n) is 6.79. The maximum atomic E-state index is 12.7. The Morgan fingerprint density at radius 3 is 2.38 bits per heavy atom. The first-order valence-corrected chi connectivity index (χ1v) is 12.4. The molecular weight excluding hydrogens is 523 g/mol. The van der Waals surface area contributed by atoms with E-state index in [4.69, 9.17) is 34.8 Å². The molecule has 0 saturated carbocycles. The number of amides is 1. The van der Waals surface area contributed by atoms with Gasteiger partial charge in [0.2, 0.25) is 15.9 Å². The first-order valence-electron chi connectivity index (χ1n) is 8.83. The van der Waals surface area contributed by atoms with E-state index < -0.39 is 10.0 Å². The van der Waals surface area contributed by atoms with E-state index in [0.717, 1.165) is 4.47 Å². The van der Waals surface area contributed by atoms with Crippen LogP contribution in [0.4, 0.5) is 5.69 Å². The van der Waals surface area contributed by atoms with Crippen LogP contribution in [0.5, 0.6) is 0 Å². The Balaban J connectivity index is 1.59. The maximum Gasteiger partial charge on any atom is 0.227 e. The number of benzene rings is 2. The van der Waals surface area contributed by atoms with Gasteiger partial charge in [0.25, 0.3) is 0 Å². The van der Waals surface area contributed by atoms with Gasteiger partial charge < -0.3 is 5.32 Å². The molecule has 0 aliphatic carbocycles. The van der Waals surface area contributed by atoms with Gasteiger partial charge in [-0.3, -0.25) is 4.79 Å². The molecule has 0 aromatic heterocycles. The molecule has 1 heterocycles. The molecule has 2 aromatic rings. The van der Waals surface area contributed by atoms with E-state index in [1.165, 1.54) is 16.4 Å². The number of nitrogens with one attached hydrogen (secondary N) is 1. The van der Waals surface area contributed by atoms with Crippen molar-refractivity contribution in [1.29, 1.82) is 0 Å². The van der Waals surface area contributed by atoms with Gasteiger partial charge in [-0.15, -0.1) is 0 Å². The molecule has 0 atom stereocenters. The molecule has 29 heavy (non-hydrogen) atoms. The van der Waals surface area contributed by atoms with Gasteiger partial charge in [-0.05, 0) is 42.7 Å². The molecular formula is C19H18BrCl3N2O3S. The summed E-state index contributed by atoms with van der Waals surface area (Å²) in [6, 6.07) is 10.2. The quantitative estimate of drug-likeness (QED) is 0.503. The number of carbonyl (C=O) groups excluding carboxylic acids is 1. The molecule has 0 unspecified atom stereocenters. The Labute approximate surface area is 193 Å². The molecule has 1 aliphatic heterocycles. The van der Waals surface area contributed by atoms with Gasteiger partial charge >= 0.3 is 0 Å². The standard InChI is InChI=1S/C19H18BrCl3N2O3S/c20-14-3-1-2-12(8-14)11-29(27,28)25-6-4-13(5-7-25)19(26)24-18-10-16(22)15(21)9-17(18)23/h1-3,8-10,13H,4-7,11H2,(H,24,26). The van der Waals surface area contributed by atoms with Crippen LogP contribution in [0, 0.1) is 5.92 Å². The van der Waals surface area contributed by atoms with Crippen LogP contribution < -0.4 is 5.32 Å². The van der Waals surface area contributed by atoms with Crippen LogP contribution >= 0.6 is 50.7 Å². The summed E-state index contributed by atoms with van der Waals surface area (Å²) in [6.07, 6.45) is 0.866. The molecule has 2 aromatic carbocycles. The van der Waals surface area contributed by atoms with Crippen molar-refractivity contribution >= 4 is 72.4 Å². The van der Waals surface area contributed by atoms with Crippen molar-refractivity contribution in [1.82, 2.24) is 4.31 Å². The topological polar surface area (TPSA) is 66.5 Å². The van der Waals surface area contributed by atoms with Crippen molar-refractivity contribution < 1.29 is 13.2 Å². The number of nitrogens with zero attached hydrogens (tertiary/aromatic N) is 1. The molecule has 0 radical (unpaired) electrons. The van der Waals surface area contributed by atoms with Gasteiger partial charge in [-0.25, -0.2) is 12.7 Å². The molecule has 1 fully saturated rings. The van der Waals surface area contributed by atoms with Crippen molar-refractivity contribution in [3.05, 3.63) is 61.5 Å².